The van der Waals surface area contributed by atoms with Crippen molar-refractivity contribution < 1.29 is 8.42 Å². The van der Waals surface area contributed by atoms with E-state index in [4.69, 9.17) is 5.84 Å². The van der Waals surface area contributed by atoms with Gasteiger partial charge in [0.05, 0.1) is 0 Å². The molecular weight excluding hydrogens is 376 g/mol. The van der Waals surface area contributed by atoms with Gasteiger partial charge in [0.25, 0.3) is 0 Å². The topological polar surface area (TPSA) is 97.1 Å². The molecule has 2 unspecified atom stereocenters. The number of nitrogen functional groups attached to an aromatic ring is 1. The average Bonchev–Trinajstić information content (AvgIpc) is 2.47. The minimum absolute atomic E-state index is 0.0524. The quantitative estimate of drug-likeness (QED) is 0.522. The van der Waals surface area contributed by atoms with E-state index < -0.39 is 10.0 Å². The summed E-state index contributed by atoms with van der Waals surface area (Å²) in [5, 5.41) is 0.308. The summed E-state index contributed by atoms with van der Waals surface area (Å²) < 4.78 is 28.6. The molecule has 1 aromatic rings. The van der Waals surface area contributed by atoms with Crippen molar-refractivity contribution in [3.05, 3.63) is 16.7 Å². The molecular formula is C12H19BrN4O2S2. The number of nitrogens with two attached hydrogens (primary N) is 1. The largest absolute Gasteiger partial charge is 0.307 e. The zero-order valence-electron chi connectivity index (χ0n) is 11.7. The van der Waals surface area contributed by atoms with E-state index in [1.165, 1.54) is 12.3 Å². The Morgan fingerprint density at radius 1 is 1.43 bits per heavy atom. The predicted octanol–water partition coefficient (Wildman–Crippen LogP) is 2.08. The number of thioether (sulfide) groups is 1. The maximum atomic E-state index is 12.6. The Hall–Kier alpha value is -0.350. The molecule has 0 aromatic carbocycles. The number of anilines is 1. The van der Waals surface area contributed by atoms with Crippen molar-refractivity contribution in [3.8, 4) is 0 Å². The van der Waals surface area contributed by atoms with Crippen LogP contribution in [0.25, 0.3) is 0 Å². The molecule has 0 amide bonds. The summed E-state index contributed by atoms with van der Waals surface area (Å²) in [6.07, 6.45) is 7.61. The highest BCUT2D eigenvalue weighted by Gasteiger charge is 2.30. The Kier molecular flexibility index (Phi) is 5.89. The van der Waals surface area contributed by atoms with Crippen molar-refractivity contribution in [1.29, 1.82) is 0 Å². The summed E-state index contributed by atoms with van der Waals surface area (Å²) >= 11 is 4.95. The molecule has 6 nitrogen and oxygen atoms in total. The fourth-order valence-electron chi connectivity index (χ4n) is 2.51. The summed E-state index contributed by atoms with van der Waals surface area (Å²) in [5.74, 6) is 5.50. The second kappa shape index (κ2) is 7.28. The Balaban J connectivity index is 2.27. The highest BCUT2D eigenvalue weighted by atomic mass is 79.9. The molecule has 0 saturated heterocycles. The smallest absolute Gasteiger partial charge is 0.244 e. The Morgan fingerprint density at radius 3 is 2.81 bits per heavy atom. The second-order valence-electron chi connectivity index (χ2n) is 4.93. The van der Waals surface area contributed by atoms with Gasteiger partial charge >= 0.3 is 0 Å². The molecule has 1 fully saturated rings. The van der Waals surface area contributed by atoms with Gasteiger partial charge in [-0.2, -0.15) is 11.8 Å². The van der Waals surface area contributed by atoms with Crippen molar-refractivity contribution in [2.75, 3.05) is 11.7 Å². The highest BCUT2D eigenvalue weighted by molar-refractivity contribution is 9.10. The van der Waals surface area contributed by atoms with Crippen LogP contribution in [0.1, 0.15) is 25.7 Å². The van der Waals surface area contributed by atoms with Crippen LogP contribution in [-0.2, 0) is 10.0 Å². The van der Waals surface area contributed by atoms with Crippen LogP contribution in [0, 0.1) is 0 Å². The second-order valence-corrected chi connectivity index (χ2v) is 8.61. The third-order valence-corrected chi connectivity index (χ3v) is 6.66. The number of hydrazine groups is 1. The number of halogens is 1. The number of rotatable bonds is 5. The van der Waals surface area contributed by atoms with Crippen molar-refractivity contribution >= 4 is 43.5 Å². The van der Waals surface area contributed by atoms with Crippen molar-refractivity contribution in [1.82, 2.24) is 9.71 Å². The number of pyridine rings is 1. The fraction of sp³-hybridized carbons (Fsp3) is 0.583. The maximum Gasteiger partial charge on any atom is 0.244 e. The standard InChI is InChI=1S/C12H19BrN4O2S2/c1-20-10-5-3-2-4-9(10)17-21(18,19)11-6-8(13)7-15-12(11)16-14/h6-7,9-10,17H,2-5,14H2,1H3,(H,15,16). The summed E-state index contributed by atoms with van der Waals surface area (Å²) in [6.45, 7) is 0. The lowest BCUT2D eigenvalue weighted by molar-refractivity contribution is 0.423. The molecule has 0 aliphatic heterocycles. The molecule has 9 heteroatoms. The van der Waals surface area contributed by atoms with E-state index in [0.717, 1.165) is 25.7 Å². The van der Waals surface area contributed by atoms with Gasteiger partial charge in [0, 0.05) is 22.0 Å². The van der Waals surface area contributed by atoms with Crippen LogP contribution >= 0.6 is 27.7 Å². The van der Waals surface area contributed by atoms with Gasteiger partial charge in [-0.25, -0.2) is 24.0 Å². The minimum atomic E-state index is -3.67. The van der Waals surface area contributed by atoms with Gasteiger partial charge in [-0.15, -0.1) is 0 Å². The molecule has 21 heavy (non-hydrogen) atoms. The molecule has 1 aliphatic rings. The lowest BCUT2D eigenvalue weighted by atomic mass is 9.96. The summed E-state index contributed by atoms with van der Waals surface area (Å²) in [4.78, 5) is 4.05. The number of sulfonamides is 1. The van der Waals surface area contributed by atoms with Crippen molar-refractivity contribution in [3.63, 3.8) is 0 Å². The number of hydrogen-bond acceptors (Lipinski definition) is 6. The number of nitrogens with one attached hydrogen (secondary N) is 2. The van der Waals surface area contributed by atoms with Crippen LogP contribution in [0.2, 0.25) is 0 Å². The molecule has 0 spiro atoms. The van der Waals surface area contributed by atoms with E-state index >= 15 is 0 Å². The van der Waals surface area contributed by atoms with E-state index in [1.54, 1.807) is 11.8 Å². The van der Waals surface area contributed by atoms with Crippen LogP contribution in [0.5, 0.6) is 0 Å². The molecule has 2 atom stereocenters. The first-order valence-electron chi connectivity index (χ1n) is 6.65. The molecule has 0 bridgehead atoms. The number of aromatic nitrogens is 1. The maximum absolute atomic E-state index is 12.6. The average molecular weight is 395 g/mol. The van der Waals surface area contributed by atoms with Gasteiger partial charge in [-0.05, 0) is 41.1 Å². The first-order valence-corrected chi connectivity index (χ1v) is 10.2. The summed E-state index contributed by atoms with van der Waals surface area (Å²) in [5.41, 5.74) is 2.34. The van der Waals surface area contributed by atoms with Crippen molar-refractivity contribution in [2.24, 2.45) is 5.84 Å². The van der Waals surface area contributed by atoms with E-state index in [-0.39, 0.29) is 16.8 Å². The van der Waals surface area contributed by atoms with Crippen LogP contribution < -0.4 is 16.0 Å². The van der Waals surface area contributed by atoms with E-state index in [1.807, 2.05) is 6.26 Å². The Bertz CT molecular complexity index is 597. The molecule has 1 saturated carbocycles. The molecule has 4 N–H and O–H groups in total. The molecule has 1 aromatic heterocycles. The molecule has 0 radical (unpaired) electrons. The van der Waals surface area contributed by atoms with E-state index in [2.05, 4.69) is 31.1 Å². The molecule has 118 valence electrons. The first kappa shape index (κ1) is 17.0. The van der Waals surface area contributed by atoms with Gasteiger partial charge in [-0.1, -0.05) is 12.8 Å². The predicted molar refractivity (Wildman–Crippen MR) is 89.6 cm³/mol. The lowest BCUT2D eigenvalue weighted by Crippen LogP contribution is -2.43. The number of nitrogens with zero attached hydrogens (tertiary/aromatic N) is 1. The van der Waals surface area contributed by atoms with E-state index in [0.29, 0.717) is 9.72 Å². The third-order valence-electron chi connectivity index (χ3n) is 3.56. The van der Waals surface area contributed by atoms with Crippen LogP contribution in [0.15, 0.2) is 21.6 Å². The normalized spacial score (nSPS) is 23.0. The van der Waals surface area contributed by atoms with Crippen LogP contribution in [0.3, 0.4) is 0 Å². The molecule has 1 aliphatic carbocycles. The van der Waals surface area contributed by atoms with Crippen LogP contribution in [-0.4, -0.2) is 30.9 Å². The zero-order chi connectivity index (χ0) is 15.5. The SMILES string of the molecule is CSC1CCCCC1NS(=O)(=O)c1cc(Br)cnc1NN. The van der Waals surface area contributed by atoms with Gasteiger partial charge < -0.3 is 5.43 Å². The van der Waals surface area contributed by atoms with E-state index in [9.17, 15) is 8.42 Å². The lowest BCUT2D eigenvalue weighted by Gasteiger charge is -2.30. The van der Waals surface area contributed by atoms with Gasteiger partial charge in [0.2, 0.25) is 10.0 Å². The molecule has 1 heterocycles. The van der Waals surface area contributed by atoms with Gasteiger partial charge in [0.1, 0.15) is 4.90 Å². The van der Waals surface area contributed by atoms with Gasteiger partial charge in [-0.3, -0.25) is 0 Å². The highest BCUT2D eigenvalue weighted by Crippen LogP contribution is 2.29. The Labute approximate surface area is 137 Å². The number of hydrogen-bond donors (Lipinski definition) is 3. The molecule has 2 rings (SSSR count). The minimum Gasteiger partial charge on any atom is -0.307 e. The van der Waals surface area contributed by atoms with Crippen molar-refractivity contribution in [2.45, 2.75) is 41.9 Å². The van der Waals surface area contributed by atoms with Gasteiger partial charge in [0.15, 0.2) is 5.82 Å². The third kappa shape index (κ3) is 4.10. The monoisotopic (exact) mass is 394 g/mol. The zero-order valence-corrected chi connectivity index (χ0v) is 14.9. The first-order chi connectivity index (χ1) is 9.97. The fourth-order valence-corrected chi connectivity index (χ4v) is 5.47. The summed E-state index contributed by atoms with van der Waals surface area (Å²) in [6, 6.07) is 1.45. The summed E-state index contributed by atoms with van der Waals surface area (Å²) in [7, 11) is -3.67. The Morgan fingerprint density at radius 2 is 2.14 bits per heavy atom. The van der Waals surface area contributed by atoms with Crippen LogP contribution in [0.4, 0.5) is 5.82 Å².